The van der Waals surface area contributed by atoms with E-state index >= 15 is 0 Å². The highest BCUT2D eigenvalue weighted by Crippen LogP contribution is 2.34. The molecule has 0 saturated heterocycles. The number of Topliss-reactive ketones (excluding diaryl/α,β-unsaturated/α-hetero) is 1. The zero-order valence-corrected chi connectivity index (χ0v) is 13.8. The second-order valence-corrected chi connectivity index (χ2v) is 6.19. The zero-order valence-electron chi connectivity index (χ0n) is 13.8. The molecule has 2 aromatic carbocycles. The Labute approximate surface area is 144 Å². The number of hydrogen-bond donors (Lipinski definition) is 0. The van der Waals surface area contributed by atoms with E-state index < -0.39 is 0 Å². The molecule has 25 heavy (non-hydrogen) atoms. The summed E-state index contributed by atoms with van der Waals surface area (Å²) < 4.78 is 20.2. The Morgan fingerprint density at radius 3 is 2.48 bits per heavy atom. The average Bonchev–Trinajstić information content (AvgIpc) is 3.07. The highest BCUT2D eigenvalue weighted by atomic mass is 19.1. The summed E-state index contributed by atoms with van der Waals surface area (Å²) in [6.45, 7) is 0. The monoisotopic (exact) mass is 336 g/mol. The molecule has 1 aliphatic carbocycles. The second kappa shape index (κ2) is 6.16. The molecule has 0 saturated carbocycles. The lowest BCUT2D eigenvalue weighted by Gasteiger charge is -2.23. The molecular formula is C20H17FN2O2. The van der Waals surface area contributed by atoms with Crippen LogP contribution >= 0.6 is 0 Å². The molecule has 0 bridgehead atoms. The third kappa shape index (κ3) is 2.82. The van der Waals surface area contributed by atoms with Gasteiger partial charge in [-0.1, -0.05) is 12.1 Å². The number of aromatic nitrogens is 2. The van der Waals surface area contributed by atoms with Crippen molar-refractivity contribution in [3.63, 3.8) is 0 Å². The van der Waals surface area contributed by atoms with Crippen LogP contribution in [0.2, 0.25) is 0 Å². The molecule has 0 fully saturated rings. The van der Waals surface area contributed by atoms with Crippen molar-refractivity contribution in [3.05, 3.63) is 77.4 Å². The first-order chi connectivity index (χ1) is 12.2. The fraction of sp³-hybridized carbons (Fsp3) is 0.200. The molecule has 0 spiro atoms. The predicted molar refractivity (Wildman–Crippen MR) is 91.9 cm³/mol. The first-order valence-corrected chi connectivity index (χ1v) is 8.15. The molecule has 126 valence electrons. The summed E-state index contributed by atoms with van der Waals surface area (Å²) in [6, 6.07) is 14.0. The fourth-order valence-corrected chi connectivity index (χ4v) is 3.36. The fourth-order valence-electron chi connectivity index (χ4n) is 3.36. The number of halogens is 1. The van der Waals surface area contributed by atoms with Gasteiger partial charge in [-0.2, -0.15) is 5.10 Å². The molecule has 1 heterocycles. The van der Waals surface area contributed by atoms with E-state index in [1.165, 1.54) is 12.1 Å². The number of fused-ring (bicyclic) bond motifs is 1. The molecule has 5 heteroatoms. The highest BCUT2D eigenvalue weighted by Gasteiger charge is 2.30. The Morgan fingerprint density at radius 2 is 1.80 bits per heavy atom. The molecule has 3 aromatic rings. The van der Waals surface area contributed by atoms with E-state index in [1.807, 2.05) is 28.9 Å². The Bertz CT molecular complexity index is 914. The molecule has 1 aromatic heterocycles. The molecule has 1 aliphatic rings. The lowest BCUT2D eigenvalue weighted by Crippen LogP contribution is -2.20. The second-order valence-electron chi connectivity index (χ2n) is 6.19. The lowest BCUT2D eigenvalue weighted by molar-refractivity contribution is 0.0963. The number of rotatable bonds is 3. The van der Waals surface area contributed by atoms with Gasteiger partial charge in [0, 0.05) is 6.42 Å². The van der Waals surface area contributed by atoms with E-state index in [2.05, 4.69) is 5.10 Å². The minimum atomic E-state index is -0.269. The highest BCUT2D eigenvalue weighted by molar-refractivity contribution is 5.98. The minimum Gasteiger partial charge on any atom is -0.497 e. The number of hydrogen-bond acceptors (Lipinski definition) is 3. The van der Waals surface area contributed by atoms with Crippen LogP contribution in [0.1, 0.15) is 34.0 Å². The Morgan fingerprint density at radius 1 is 1.08 bits per heavy atom. The maximum Gasteiger partial charge on any atom is 0.166 e. The molecule has 1 atom stereocenters. The topological polar surface area (TPSA) is 44.1 Å². The van der Waals surface area contributed by atoms with Crippen LogP contribution in [0.4, 0.5) is 4.39 Å². The number of ether oxygens (including phenoxy) is 1. The van der Waals surface area contributed by atoms with Crippen molar-refractivity contribution in [2.75, 3.05) is 7.11 Å². The van der Waals surface area contributed by atoms with Gasteiger partial charge in [-0.3, -0.25) is 4.79 Å². The van der Waals surface area contributed by atoms with Crippen molar-refractivity contribution in [1.29, 1.82) is 0 Å². The number of ketones is 1. The van der Waals surface area contributed by atoms with Crippen LogP contribution in [0.3, 0.4) is 0 Å². The number of nitrogens with zero attached hydrogens (tertiary/aromatic N) is 2. The smallest absolute Gasteiger partial charge is 0.166 e. The summed E-state index contributed by atoms with van der Waals surface area (Å²) in [7, 11) is 1.62. The van der Waals surface area contributed by atoms with Gasteiger partial charge in [0.05, 0.1) is 30.3 Å². The SMILES string of the molecule is COc1ccc(-n2ncc3c2C[C@H](c2ccc(F)cc2)CC3=O)cc1. The molecule has 0 radical (unpaired) electrons. The molecular weight excluding hydrogens is 319 g/mol. The van der Waals surface area contributed by atoms with Crippen LogP contribution in [0, 0.1) is 5.82 Å². The number of benzene rings is 2. The lowest BCUT2D eigenvalue weighted by atomic mass is 9.82. The van der Waals surface area contributed by atoms with E-state index in [4.69, 9.17) is 4.74 Å². The third-order valence-electron chi connectivity index (χ3n) is 4.70. The van der Waals surface area contributed by atoms with E-state index in [9.17, 15) is 9.18 Å². The first kappa shape index (κ1) is 15.6. The third-order valence-corrected chi connectivity index (χ3v) is 4.70. The van der Waals surface area contributed by atoms with Gasteiger partial charge in [0.2, 0.25) is 0 Å². The number of methoxy groups -OCH3 is 1. The van der Waals surface area contributed by atoms with E-state index in [0.717, 1.165) is 22.7 Å². The summed E-state index contributed by atoms with van der Waals surface area (Å²) in [5.41, 5.74) is 3.43. The molecule has 4 rings (SSSR count). The quantitative estimate of drug-likeness (QED) is 0.728. The van der Waals surface area contributed by atoms with Gasteiger partial charge in [0.1, 0.15) is 11.6 Å². The normalized spacial score (nSPS) is 16.6. The van der Waals surface area contributed by atoms with E-state index in [0.29, 0.717) is 18.4 Å². The predicted octanol–water partition coefficient (Wildman–Crippen LogP) is 3.93. The van der Waals surface area contributed by atoms with Gasteiger partial charge in [0.15, 0.2) is 5.78 Å². The maximum absolute atomic E-state index is 13.2. The van der Waals surface area contributed by atoms with Crippen molar-refractivity contribution in [1.82, 2.24) is 9.78 Å². The van der Waals surface area contributed by atoms with Crippen molar-refractivity contribution < 1.29 is 13.9 Å². The van der Waals surface area contributed by atoms with E-state index in [-0.39, 0.29) is 17.5 Å². The molecule has 4 nitrogen and oxygen atoms in total. The summed E-state index contributed by atoms with van der Waals surface area (Å²) in [5.74, 6) is 0.615. The summed E-state index contributed by atoms with van der Waals surface area (Å²) >= 11 is 0. The Hall–Kier alpha value is -2.95. The number of carbonyl (C=O) groups is 1. The van der Waals surface area contributed by atoms with Crippen LogP contribution < -0.4 is 4.74 Å². The van der Waals surface area contributed by atoms with Crippen molar-refractivity contribution in [3.8, 4) is 11.4 Å². The van der Waals surface area contributed by atoms with E-state index in [1.54, 1.807) is 25.4 Å². The van der Waals surface area contributed by atoms with Crippen LogP contribution in [0.15, 0.2) is 54.7 Å². The Kier molecular flexibility index (Phi) is 3.84. The van der Waals surface area contributed by atoms with Gasteiger partial charge >= 0.3 is 0 Å². The summed E-state index contributed by atoms with van der Waals surface area (Å²) in [4.78, 5) is 12.5. The largest absolute Gasteiger partial charge is 0.497 e. The molecule has 0 unspecified atom stereocenters. The van der Waals surface area contributed by atoms with Crippen molar-refractivity contribution in [2.24, 2.45) is 0 Å². The van der Waals surface area contributed by atoms with Crippen molar-refractivity contribution in [2.45, 2.75) is 18.8 Å². The molecule has 0 N–H and O–H groups in total. The summed E-state index contributed by atoms with van der Waals surface area (Å²) in [5, 5.41) is 4.41. The van der Waals surface area contributed by atoms with Gasteiger partial charge in [-0.05, 0) is 54.3 Å². The van der Waals surface area contributed by atoms with Crippen LogP contribution in [-0.4, -0.2) is 22.7 Å². The van der Waals surface area contributed by atoms with Gasteiger partial charge in [0.25, 0.3) is 0 Å². The maximum atomic E-state index is 13.2. The van der Waals surface area contributed by atoms with Crippen molar-refractivity contribution >= 4 is 5.78 Å². The number of carbonyl (C=O) groups excluding carboxylic acids is 1. The van der Waals surface area contributed by atoms with Crippen LogP contribution in [0.25, 0.3) is 5.69 Å². The van der Waals surface area contributed by atoms with Crippen LogP contribution in [0.5, 0.6) is 5.75 Å². The zero-order chi connectivity index (χ0) is 17.4. The minimum absolute atomic E-state index is 0.0364. The first-order valence-electron chi connectivity index (χ1n) is 8.15. The van der Waals surface area contributed by atoms with Crippen LogP contribution in [-0.2, 0) is 6.42 Å². The van der Waals surface area contributed by atoms with Gasteiger partial charge < -0.3 is 4.74 Å². The molecule has 0 amide bonds. The van der Waals surface area contributed by atoms with Gasteiger partial charge in [-0.25, -0.2) is 9.07 Å². The van der Waals surface area contributed by atoms with Gasteiger partial charge in [-0.15, -0.1) is 0 Å². The Balaban J connectivity index is 1.70. The summed E-state index contributed by atoms with van der Waals surface area (Å²) in [6.07, 6.45) is 2.76. The molecule has 0 aliphatic heterocycles. The standard InChI is InChI=1S/C20H17FN2O2/c1-25-17-8-6-16(7-9-17)23-19-10-14(11-20(24)18(19)12-22-23)13-2-4-15(21)5-3-13/h2-9,12,14H,10-11H2,1H3/t14-/m0/s1. The average molecular weight is 336 g/mol.